The standard InChI is InChI=1S/C63H121NO8/c1-3-5-7-9-11-13-15-17-19-21-22-23-24-25-26-27-28-29-30-31-32-33-34-35-36-37-39-41-43-45-47-49-51-53-59(67)64-56(55-71-63-62(70)61(69)60(68)58(54-65)72-63)57(66)52-50-48-46-44-42-40-38-20-18-16-14-12-10-8-6-4-2/h42,44,50,52,56-58,60-63,65-66,68-70H,3-41,43,45-49,51,53-55H2,1-2H3,(H,64,67)/b44-42+,52-50+. The lowest BCUT2D eigenvalue weighted by Gasteiger charge is -2.40. The van der Waals surface area contributed by atoms with Crippen LogP contribution < -0.4 is 5.32 Å². The van der Waals surface area contributed by atoms with E-state index in [4.69, 9.17) is 9.47 Å². The first-order chi connectivity index (χ1) is 35.3. The molecule has 1 heterocycles. The molecule has 0 aromatic carbocycles. The fraction of sp³-hybridized carbons (Fsp3) is 0.921. The molecule has 7 atom stereocenters. The monoisotopic (exact) mass is 1020 g/mol. The van der Waals surface area contributed by atoms with E-state index in [9.17, 15) is 30.3 Å². The molecule has 72 heavy (non-hydrogen) atoms. The summed E-state index contributed by atoms with van der Waals surface area (Å²) in [7, 11) is 0. The maximum Gasteiger partial charge on any atom is 0.220 e. The van der Waals surface area contributed by atoms with Crippen molar-refractivity contribution in [3.05, 3.63) is 24.3 Å². The largest absolute Gasteiger partial charge is 0.394 e. The second-order valence-electron chi connectivity index (χ2n) is 22.2. The lowest BCUT2D eigenvalue weighted by Crippen LogP contribution is -2.60. The van der Waals surface area contributed by atoms with Crippen molar-refractivity contribution in [1.29, 1.82) is 0 Å². The van der Waals surface area contributed by atoms with Crippen molar-refractivity contribution in [2.45, 2.75) is 358 Å². The van der Waals surface area contributed by atoms with Gasteiger partial charge in [-0.3, -0.25) is 4.79 Å². The van der Waals surface area contributed by atoms with Gasteiger partial charge in [0.2, 0.25) is 5.91 Å². The quantitative estimate of drug-likeness (QED) is 0.0261. The van der Waals surface area contributed by atoms with Gasteiger partial charge in [0.15, 0.2) is 6.29 Å². The van der Waals surface area contributed by atoms with E-state index < -0.39 is 49.5 Å². The first-order valence-corrected chi connectivity index (χ1v) is 31.6. The molecule has 0 spiro atoms. The molecule has 0 aromatic rings. The van der Waals surface area contributed by atoms with Crippen LogP contribution in [0.5, 0.6) is 0 Å². The minimum atomic E-state index is -1.57. The highest BCUT2D eigenvalue weighted by Crippen LogP contribution is 2.23. The van der Waals surface area contributed by atoms with Crippen molar-refractivity contribution < 1.29 is 39.8 Å². The number of carbonyl (C=O) groups is 1. The minimum Gasteiger partial charge on any atom is -0.394 e. The summed E-state index contributed by atoms with van der Waals surface area (Å²) in [6.45, 7) is 3.80. The maximum atomic E-state index is 13.1. The van der Waals surface area contributed by atoms with E-state index in [1.807, 2.05) is 6.08 Å². The summed E-state index contributed by atoms with van der Waals surface area (Å²) in [5.41, 5.74) is 0. The van der Waals surface area contributed by atoms with Gasteiger partial charge in [0.05, 0.1) is 25.4 Å². The number of unbranched alkanes of at least 4 members (excludes halogenated alkanes) is 43. The molecule has 7 unspecified atom stereocenters. The summed E-state index contributed by atoms with van der Waals surface area (Å²) in [6, 6.07) is -0.818. The normalized spacial score (nSPS) is 19.2. The highest BCUT2D eigenvalue weighted by Gasteiger charge is 2.44. The van der Waals surface area contributed by atoms with Crippen molar-refractivity contribution in [3.8, 4) is 0 Å². The van der Waals surface area contributed by atoms with E-state index in [2.05, 4.69) is 31.3 Å². The number of amides is 1. The fourth-order valence-corrected chi connectivity index (χ4v) is 10.3. The van der Waals surface area contributed by atoms with Crippen LogP contribution in [0.3, 0.4) is 0 Å². The molecule has 426 valence electrons. The number of hydrogen-bond donors (Lipinski definition) is 6. The predicted octanol–water partition coefficient (Wildman–Crippen LogP) is 16.1. The number of allylic oxidation sites excluding steroid dienone is 3. The molecule has 0 bridgehead atoms. The molecule has 9 nitrogen and oxygen atoms in total. The van der Waals surface area contributed by atoms with Crippen molar-refractivity contribution in [2.75, 3.05) is 13.2 Å². The molecule has 1 saturated heterocycles. The average molecular weight is 1020 g/mol. The van der Waals surface area contributed by atoms with Crippen molar-refractivity contribution in [3.63, 3.8) is 0 Å². The molecule has 0 radical (unpaired) electrons. The first-order valence-electron chi connectivity index (χ1n) is 31.6. The maximum absolute atomic E-state index is 13.1. The van der Waals surface area contributed by atoms with Crippen LogP contribution in [0.2, 0.25) is 0 Å². The van der Waals surface area contributed by atoms with Gasteiger partial charge in [-0.2, -0.15) is 0 Å². The summed E-state index contributed by atoms with van der Waals surface area (Å²) >= 11 is 0. The van der Waals surface area contributed by atoms with E-state index in [1.54, 1.807) is 6.08 Å². The van der Waals surface area contributed by atoms with Crippen LogP contribution in [0, 0.1) is 0 Å². The van der Waals surface area contributed by atoms with Crippen LogP contribution >= 0.6 is 0 Å². The molecule has 1 aliphatic heterocycles. The number of hydrogen-bond acceptors (Lipinski definition) is 8. The smallest absolute Gasteiger partial charge is 0.220 e. The molecule has 1 rings (SSSR count). The third kappa shape index (κ3) is 41.9. The Bertz CT molecular complexity index is 1180. The molecule has 1 aliphatic rings. The van der Waals surface area contributed by atoms with E-state index >= 15 is 0 Å². The Labute approximate surface area is 445 Å². The van der Waals surface area contributed by atoms with Crippen molar-refractivity contribution >= 4 is 5.91 Å². The Kier molecular flexibility index (Phi) is 50.6. The Morgan fingerprint density at radius 1 is 0.458 bits per heavy atom. The number of carbonyl (C=O) groups excluding carboxylic acids is 1. The number of aliphatic hydroxyl groups excluding tert-OH is 5. The summed E-state index contributed by atoms with van der Waals surface area (Å²) in [5.74, 6) is -0.180. The number of rotatable bonds is 55. The molecular weight excluding hydrogens is 899 g/mol. The van der Waals surface area contributed by atoms with E-state index in [1.165, 1.54) is 257 Å². The van der Waals surface area contributed by atoms with E-state index in [-0.39, 0.29) is 12.5 Å². The van der Waals surface area contributed by atoms with Gasteiger partial charge in [-0.1, -0.05) is 301 Å². The number of nitrogens with one attached hydrogen (secondary N) is 1. The highest BCUT2D eigenvalue weighted by molar-refractivity contribution is 5.76. The molecular formula is C63H121NO8. The lowest BCUT2D eigenvalue weighted by atomic mass is 9.99. The van der Waals surface area contributed by atoms with Gasteiger partial charge in [0.25, 0.3) is 0 Å². The first kappa shape index (κ1) is 68.7. The topological polar surface area (TPSA) is 149 Å². The van der Waals surface area contributed by atoms with Gasteiger partial charge in [-0.25, -0.2) is 0 Å². The zero-order valence-electron chi connectivity index (χ0n) is 47.5. The van der Waals surface area contributed by atoms with Crippen LogP contribution in [-0.4, -0.2) is 87.5 Å². The number of aliphatic hydroxyl groups is 5. The summed E-state index contributed by atoms with van der Waals surface area (Å²) in [6.07, 6.45) is 61.4. The van der Waals surface area contributed by atoms with Crippen LogP contribution in [0.1, 0.15) is 316 Å². The second-order valence-corrected chi connectivity index (χ2v) is 22.2. The van der Waals surface area contributed by atoms with Gasteiger partial charge in [-0.15, -0.1) is 0 Å². The van der Waals surface area contributed by atoms with E-state index in [0.717, 1.165) is 38.5 Å². The van der Waals surface area contributed by atoms with Crippen LogP contribution in [0.15, 0.2) is 24.3 Å². The van der Waals surface area contributed by atoms with Crippen molar-refractivity contribution in [1.82, 2.24) is 5.32 Å². The van der Waals surface area contributed by atoms with Gasteiger partial charge in [-0.05, 0) is 32.1 Å². The summed E-state index contributed by atoms with van der Waals surface area (Å²) in [5, 5.41) is 54.5. The van der Waals surface area contributed by atoms with Crippen molar-refractivity contribution in [2.24, 2.45) is 0 Å². The zero-order valence-corrected chi connectivity index (χ0v) is 47.5. The third-order valence-electron chi connectivity index (χ3n) is 15.3. The molecule has 0 saturated carbocycles. The van der Waals surface area contributed by atoms with Crippen LogP contribution in [0.4, 0.5) is 0 Å². The SMILES string of the molecule is CCCCCCCCCCCC/C=C/CC/C=C/C(O)C(COC1OC(CO)C(O)C(O)C1O)NC(=O)CCCCCCCCCCCCCCCCCCCCCCCCCCCCCCCCCCC. The molecule has 0 aliphatic carbocycles. The number of ether oxygens (including phenoxy) is 2. The molecule has 0 aromatic heterocycles. The van der Waals surface area contributed by atoms with Crippen LogP contribution in [-0.2, 0) is 14.3 Å². The Morgan fingerprint density at radius 2 is 0.792 bits per heavy atom. The predicted molar refractivity (Wildman–Crippen MR) is 304 cm³/mol. The lowest BCUT2D eigenvalue weighted by molar-refractivity contribution is -0.302. The Morgan fingerprint density at radius 3 is 1.17 bits per heavy atom. The van der Waals surface area contributed by atoms with Gasteiger partial charge < -0.3 is 40.3 Å². The second kappa shape index (κ2) is 53.1. The third-order valence-corrected chi connectivity index (χ3v) is 15.3. The average Bonchev–Trinajstić information content (AvgIpc) is 3.38. The minimum absolute atomic E-state index is 0.180. The van der Waals surface area contributed by atoms with Gasteiger partial charge in [0, 0.05) is 6.42 Å². The summed E-state index contributed by atoms with van der Waals surface area (Å²) < 4.78 is 11.3. The Hall–Kier alpha value is -1.33. The molecule has 6 N–H and O–H groups in total. The van der Waals surface area contributed by atoms with E-state index in [0.29, 0.717) is 6.42 Å². The van der Waals surface area contributed by atoms with Gasteiger partial charge in [0.1, 0.15) is 24.4 Å². The van der Waals surface area contributed by atoms with Gasteiger partial charge >= 0.3 is 0 Å². The molecule has 1 fully saturated rings. The summed E-state index contributed by atoms with van der Waals surface area (Å²) in [4.78, 5) is 13.1. The molecule has 1 amide bonds. The Balaban J connectivity index is 2.11. The highest BCUT2D eigenvalue weighted by atomic mass is 16.7. The molecule has 9 heteroatoms. The van der Waals surface area contributed by atoms with Crippen LogP contribution in [0.25, 0.3) is 0 Å². The fourth-order valence-electron chi connectivity index (χ4n) is 10.3. The zero-order chi connectivity index (χ0) is 52.2.